The molecular weight excluding hydrogens is 274 g/mol. The van der Waals surface area contributed by atoms with Crippen molar-refractivity contribution in [1.29, 1.82) is 0 Å². The van der Waals surface area contributed by atoms with Gasteiger partial charge in [0, 0.05) is 30.4 Å². The maximum absolute atomic E-state index is 13.4. The van der Waals surface area contributed by atoms with Crippen LogP contribution in [0.15, 0.2) is 47.6 Å². The molecule has 0 saturated heterocycles. The third-order valence-electron chi connectivity index (χ3n) is 2.84. The zero-order valence-electron chi connectivity index (χ0n) is 11.4. The SMILES string of the molecule is NC(=NCc1cc(F)ccc1F)NCCc1ccccn1. The molecule has 0 atom stereocenters. The minimum absolute atomic E-state index is 0.00792. The molecule has 1 aromatic carbocycles. The van der Waals surface area contributed by atoms with Crippen molar-refractivity contribution in [3.05, 3.63) is 65.5 Å². The zero-order valence-corrected chi connectivity index (χ0v) is 11.4. The Morgan fingerprint density at radius 2 is 2.10 bits per heavy atom. The van der Waals surface area contributed by atoms with E-state index in [2.05, 4.69) is 15.3 Å². The van der Waals surface area contributed by atoms with Crippen LogP contribution in [-0.2, 0) is 13.0 Å². The van der Waals surface area contributed by atoms with Gasteiger partial charge in [-0.05, 0) is 30.3 Å². The van der Waals surface area contributed by atoms with Gasteiger partial charge < -0.3 is 11.1 Å². The Labute approximate surface area is 121 Å². The molecule has 110 valence electrons. The van der Waals surface area contributed by atoms with Gasteiger partial charge in [-0.15, -0.1) is 0 Å². The van der Waals surface area contributed by atoms with E-state index in [9.17, 15) is 8.78 Å². The molecule has 4 nitrogen and oxygen atoms in total. The maximum Gasteiger partial charge on any atom is 0.188 e. The number of pyridine rings is 1. The normalized spacial score (nSPS) is 11.4. The predicted molar refractivity (Wildman–Crippen MR) is 77.6 cm³/mol. The second-order valence-electron chi connectivity index (χ2n) is 4.44. The molecule has 3 N–H and O–H groups in total. The van der Waals surface area contributed by atoms with Crippen LogP contribution in [0.25, 0.3) is 0 Å². The topological polar surface area (TPSA) is 63.3 Å². The van der Waals surface area contributed by atoms with Crippen molar-refractivity contribution in [3.63, 3.8) is 0 Å². The number of nitrogens with one attached hydrogen (secondary N) is 1. The van der Waals surface area contributed by atoms with Crippen LogP contribution in [0.1, 0.15) is 11.3 Å². The third-order valence-corrected chi connectivity index (χ3v) is 2.84. The zero-order chi connectivity index (χ0) is 15.1. The first-order valence-corrected chi connectivity index (χ1v) is 6.53. The molecule has 1 heterocycles. The van der Waals surface area contributed by atoms with Crippen molar-refractivity contribution in [2.45, 2.75) is 13.0 Å². The molecule has 2 rings (SSSR count). The summed E-state index contributed by atoms with van der Waals surface area (Å²) in [6.07, 6.45) is 2.42. The quantitative estimate of drug-likeness (QED) is 0.654. The molecule has 0 saturated carbocycles. The predicted octanol–water partition coefficient (Wildman–Crippen LogP) is 2.01. The summed E-state index contributed by atoms with van der Waals surface area (Å²) in [5, 5.41) is 2.91. The monoisotopic (exact) mass is 290 g/mol. The van der Waals surface area contributed by atoms with E-state index in [-0.39, 0.29) is 18.1 Å². The van der Waals surface area contributed by atoms with Crippen LogP contribution in [0.5, 0.6) is 0 Å². The van der Waals surface area contributed by atoms with E-state index in [4.69, 9.17) is 5.73 Å². The summed E-state index contributed by atoms with van der Waals surface area (Å²) in [7, 11) is 0. The Morgan fingerprint density at radius 1 is 1.24 bits per heavy atom. The number of hydrogen-bond donors (Lipinski definition) is 2. The molecule has 2 aromatic rings. The molecule has 6 heteroatoms. The Kier molecular flexibility index (Phi) is 5.20. The summed E-state index contributed by atoms with van der Waals surface area (Å²) in [6, 6.07) is 8.92. The second-order valence-corrected chi connectivity index (χ2v) is 4.44. The fraction of sp³-hybridized carbons (Fsp3) is 0.200. The molecule has 0 radical (unpaired) electrons. The van der Waals surface area contributed by atoms with E-state index in [0.29, 0.717) is 13.0 Å². The molecule has 0 unspecified atom stereocenters. The second kappa shape index (κ2) is 7.33. The van der Waals surface area contributed by atoms with Crippen molar-refractivity contribution < 1.29 is 8.78 Å². The van der Waals surface area contributed by atoms with E-state index in [0.717, 1.165) is 23.9 Å². The van der Waals surface area contributed by atoms with E-state index in [1.807, 2.05) is 18.2 Å². The smallest absolute Gasteiger partial charge is 0.188 e. The van der Waals surface area contributed by atoms with Gasteiger partial charge in [0.15, 0.2) is 5.96 Å². The van der Waals surface area contributed by atoms with Gasteiger partial charge in [0.25, 0.3) is 0 Å². The average molecular weight is 290 g/mol. The van der Waals surface area contributed by atoms with Crippen molar-refractivity contribution in [3.8, 4) is 0 Å². The summed E-state index contributed by atoms with van der Waals surface area (Å²) < 4.78 is 26.4. The Morgan fingerprint density at radius 3 is 2.86 bits per heavy atom. The molecule has 0 bridgehead atoms. The van der Waals surface area contributed by atoms with Crippen LogP contribution in [0.4, 0.5) is 8.78 Å². The standard InChI is InChI=1S/C15H16F2N4/c16-12-4-5-14(17)11(9-12)10-21-15(18)20-8-6-13-3-1-2-7-19-13/h1-5,7,9H,6,8,10H2,(H3,18,20,21). The first kappa shape index (κ1) is 14.9. The summed E-state index contributed by atoms with van der Waals surface area (Å²) in [6.45, 7) is 0.560. The van der Waals surface area contributed by atoms with Crippen LogP contribution >= 0.6 is 0 Å². The van der Waals surface area contributed by atoms with Gasteiger partial charge in [-0.3, -0.25) is 4.98 Å². The number of nitrogens with two attached hydrogens (primary N) is 1. The average Bonchev–Trinajstić information content (AvgIpc) is 2.49. The van der Waals surface area contributed by atoms with Gasteiger partial charge >= 0.3 is 0 Å². The fourth-order valence-electron chi connectivity index (χ4n) is 1.76. The van der Waals surface area contributed by atoms with E-state index >= 15 is 0 Å². The first-order valence-electron chi connectivity index (χ1n) is 6.53. The molecule has 1 aromatic heterocycles. The minimum atomic E-state index is -0.499. The first-order chi connectivity index (χ1) is 10.1. The number of benzene rings is 1. The highest BCUT2D eigenvalue weighted by Gasteiger charge is 2.03. The Balaban J connectivity index is 1.83. The van der Waals surface area contributed by atoms with Crippen LogP contribution in [0.2, 0.25) is 0 Å². The number of nitrogens with zero attached hydrogens (tertiary/aromatic N) is 2. The molecule has 21 heavy (non-hydrogen) atoms. The molecule has 0 amide bonds. The van der Waals surface area contributed by atoms with Gasteiger partial charge in [-0.2, -0.15) is 0 Å². The third kappa shape index (κ3) is 4.83. The molecule has 0 aliphatic heterocycles. The molecule has 0 aliphatic carbocycles. The number of halogens is 2. The molecule has 0 spiro atoms. The molecule has 0 aliphatic rings. The van der Waals surface area contributed by atoms with E-state index in [1.165, 1.54) is 0 Å². The van der Waals surface area contributed by atoms with Gasteiger partial charge in [-0.1, -0.05) is 6.07 Å². The largest absolute Gasteiger partial charge is 0.370 e. The van der Waals surface area contributed by atoms with Crippen LogP contribution in [-0.4, -0.2) is 17.5 Å². The highest BCUT2D eigenvalue weighted by molar-refractivity contribution is 5.77. The number of hydrogen-bond acceptors (Lipinski definition) is 2. The van der Waals surface area contributed by atoms with Crippen LogP contribution < -0.4 is 11.1 Å². The van der Waals surface area contributed by atoms with E-state index < -0.39 is 11.6 Å². The van der Waals surface area contributed by atoms with Crippen LogP contribution in [0.3, 0.4) is 0 Å². The minimum Gasteiger partial charge on any atom is -0.370 e. The highest BCUT2D eigenvalue weighted by atomic mass is 19.1. The van der Waals surface area contributed by atoms with Crippen LogP contribution in [0, 0.1) is 11.6 Å². The summed E-state index contributed by atoms with van der Waals surface area (Å²) in [5.41, 5.74) is 6.79. The highest BCUT2D eigenvalue weighted by Crippen LogP contribution is 2.10. The number of aromatic nitrogens is 1. The Bertz CT molecular complexity index is 614. The lowest BCUT2D eigenvalue weighted by Gasteiger charge is -2.06. The van der Waals surface area contributed by atoms with Gasteiger partial charge in [0.2, 0.25) is 0 Å². The lowest BCUT2D eigenvalue weighted by molar-refractivity contribution is 0.585. The van der Waals surface area contributed by atoms with Crippen molar-refractivity contribution in [2.24, 2.45) is 10.7 Å². The van der Waals surface area contributed by atoms with Gasteiger partial charge in [0.1, 0.15) is 11.6 Å². The van der Waals surface area contributed by atoms with Crippen molar-refractivity contribution >= 4 is 5.96 Å². The summed E-state index contributed by atoms with van der Waals surface area (Å²) in [5.74, 6) is -0.806. The summed E-state index contributed by atoms with van der Waals surface area (Å²) >= 11 is 0. The summed E-state index contributed by atoms with van der Waals surface area (Å²) in [4.78, 5) is 8.16. The van der Waals surface area contributed by atoms with Crippen molar-refractivity contribution in [1.82, 2.24) is 10.3 Å². The van der Waals surface area contributed by atoms with Gasteiger partial charge in [-0.25, -0.2) is 13.8 Å². The van der Waals surface area contributed by atoms with Crippen molar-refractivity contribution in [2.75, 3.05) is 6.54 Å². The maximum atomic E-state index is 13.4. The number of aliphatic imine (C=N–C) groups is 1. The molecular formula is C15H16F2N4. The van der Waals surface area contributed by atoms with Gasteiger partial charge in [0.05, 0.1) is 6.54 Å². The van der Waals surface area contributed by atoms with E-state index in [1.54, 1.807) is 6.20 Å². The number of rotatable bonds is 5. The molecule has 0 fully saturated rings. The fourth-order valence-corrected chi connectivity index (χ4v) is 1.76. The number of guanidine groups is 1. The lowest BCUT2D eigenvalue weighted by atomic mass is 10.2. The Hall–Kier alpha value is -2.50. The lowest BCUT2D eigenvalue weighted by Crippen LogP contribution is -2.33.